The molecule has 2 atom stereocenters. The minimum Gasteiger partial charge on any atom is -0.327 e. The first-order valence-electron chi connectivity index (χ1n) is 11.2. The Morgan fingerprint density at radius 1 is 1.20 bits per heavy atom. The van der Waals surface area contributed by atoms with E-state index in [-0.39, 0.29) is 48.8 Å². The fourth-order valence-corrected chi connectivity index (χ4v) is 4.67. The predicted molar refractivity (Wildman–Crippen MR) is 130 cm³/mol. The van der Waals surface area contributed by atoms with Crippen LogP contribution in [-0.2, 0) is 11.2 Å². The van der Waals surface area contributed by atoms with E-state index in [4.69, 9.17) is 17.3 Å². The summed E-state index contributed by atoms with van der Waals surface area (Å²) in [6.07, 6.45) is 1.20. The molecule has 2 heterocycles. The molecule has 3 N–H and O–H groups in total. The Bertz CT molecular complexity index is 1310. The highest BCUT2D eigenvalue weighted by molar-refractivity contribution is 6.30. The van der Waals surface area contributed by atoms with Gasteiger partial charge in [-0.15, -0.1) is 0 Å². The molecule has 1 aliphatic rings. The molecule has 1 aliphatic heterocycles. The predicted octanol–water partition coefficient (Wildman–Crippen LogP) is 4.57. The van der Waals surface area contributed by atoms with Gasteiger partial charge in [0.25, 0.3) is 0 Å². The first-order valence-corrected chi connectivity index (χ1v) is 11.5. The molecule has 0 saturated carbocycles. The Labute approximate surface area is 205 Å². The number of carbonyl (C=O) groups excluding carboxylic acids is 3. The lowest BCUT2D eigenvalue weighted by molar-refractivity contribution is -0.122. The van der Waals surface area contributed by atoms with Crippen LogP contribution in [0.2, 0.25) is 5.02 Å². The van der Waals surface area contributed by atoms with Gasteiger partial charge in [-0.3, -0.25) is 14.2 Å². The van der Waals surface area contributed by atoms with Crippen molar-refractivity contribution in [3.63, 3.8) is 0 Å². The van der Waals surface area contributed by atoms with Crippen molar-refractivity contribution in [2.45, 2.75) is 37.9 Å². The van der Waals surface area contributed by atoms with Crippen LogP contribution in [0.25, 0.3) is 10.9 Å². The number of nitrogens with two attached hydrogens (primary N) is 1. The van der Waals surface area contributed by atoms with Crippen molar-refractivity contribution < 1.29 is 23.2 Å². The number of likely N-dealkylation sites (tertiary alicyclic amines) is 1. The standard InChI is InChI=1S/C25H25ClF2N4O3/c1-15(33)31-12-19(17-6-2-3-8-20(17)31)30-24(35)32-14-25(28,13-29)11-21(32)22(34)10-9-16-5-4-7-18(26)23(16)27/h2-8,12,21H,9-11,13-14,29H2,1H3,(H,30,35)/t21-,25-/m0/s1. The van der Waals surface area contributed by atoms with E-state index in [2.05, 4.69) is 5.32 Å². The highest BCUT2D eigenvalue weighted by Crippen LogP contribution is 2.33. The number of aryl methyl sites for hydroxylation is 1. The van der Waals surface area contributed by atoms with Gasteiger partial charge in [0.05, 0.1) is 28.8 Å². The van der Waals surface area contributed by atoms with Gasteiger partial charge in [0.15, 0.2) is 5.78 Å². The van der Waals surface area contributed by atoms with Gasteiger partial charge >= 0.3 is 6.03 Å². The van der Waals surface area contributed by atoms with Gasteiger partial charge in [-0.2, -0.15) is 0 Å². The van der Waals surface area contributed by atoms with E-state index >= 15 is 4.39 Å². The molecule has 1 saturated heterocycles. The van der Waals surface area contributed by atoms with Crippen LogP contribution in [0.4, 0.5) is 19.3 Å². The fraction of sp³-hybridized carbons (Fsp3) is 0.320. The molecule has 0 unspecified atom stereocenters. The molecule has 0 spiro atoms. The maximum absolute atomic E-state index is 15.2. The largest absolute Gasteiger partial charge is 0.327 e. The molecule has 35 heavy (non-hydrogen) atoms. The summed E-state index contributed by atoms with van der Waals surface area (Å²) in [6.45, 7) is 0.685. The summed E-state index contributed by atoms with van der Waals surface area (Å²) in [5, 5.41) is 3.29. The number of hydrogen-bond donors (Lipinski definition) is 2. The summed E-state index contributed by atoms with van der Waals surface area (Å²) in [6, 6.07) is 9.79. The second-order valence-electron chi connectivity index (χ2n) is 8.76. The fourth-order valence-electron chi connectivity index (χ4n) is 4.48. The van der Waals surface area contributed by atoms with Crippen molar-refractivity contribution in [2.75, 3.05) is 18.4 Å². The summed E-state index contributed by atoms with van der Waals surface area (Å²) < 4.78 is 30.8. The zero-order valence-electron chi connectivity index (χ0n) is 19.1. The lowest BCUT2D eigenvalue weighted by Gasteiger charge is -2.24. The molecule has 2 amide bonds. The number of anilines is 1. The van der Waals surface area contributed by atoms with E-state index in [1.54, 1.807) is 30.3 Å². The smallest absolute Gasteiger partial charge is 0.322 e. The van der Waals surface area contributed by atoms with Gasteiger partial charge in [-0.25, -0.2) is 13.6 Å². The maximum Gasteiger partial charge on any atom is 0.322 e. The average molecular weight is 503 g/mol. The Morgan fingerprint density at radius 2 is 1.94 bits per heavy atom. The molecule has 4 rings (SSSR count). The van der Waals surface area contributed by atoms with Crippen molar-refractivity contribution in [3.05, 3.63) is 65.1 Å². The number of carbonyl (C=O) groups is 3. The molecule has 1 aromatic heterocycles. The number of urea groups is 1. The Hall–Kier alpha value is -3.30. The number of rotatable bonds is 6. The molecule has 2 aromatic carbocycles. The third-order valence-electron chi connectivity index (χ3n) is 6.35. The van der Waals surface area contributed by atoms with E-state index in [0.29, 0.717) is 16.6 Å². The Kier molecular flexibility index (Phi) is 6.91. The molecule has 10 heteroatoms. The van der Waals surface area contributed by atoms with Crippen LogP contribution in [0.15, 0.2) is 48.7 Å². The maximum atomic E-state index is 15.2. The van der Waals surface area contributed by atoms with E-state index in [9.17, 15) is 18.8 Å². The molecular weight excluding hydrogens is 478 g/mol. The van der Waals surface area contributed by atoms with Gasteiger partial charge in [0, 0.05) is 37.9 Å². The number of aromatic nitrogens is 1. The summed E-state index contributed by atoms with van der Waals surface area (Å²) in [7, 11) is 0. The normalized spacial score (nSPS) is 19.8. The van der Waals surface area contributed by atoms with Crippen molar-refractivity contribution in [1.29, 1.82) is 0 Å². The third kappa shape index (κ3) is 4.92. The highest BCUT2D eigenvalue weighted by Gasteiger charge is 2.48. The Morgan fingerprint density at radius 3 is 2.66 bits per heavy atom. The van der Waals surface area contributed by atoms with Crippen LogP contribution >= 0.6 is 11.6 Å². The first-order chi connectivity index (χ1) is 16.6. The number of Topliss-reactive ketones (excluding diaryl/α,β-unsaturated/α-hetero) is 1. The van der Waals surface area contributed by atoms with Crippen LogP contribution in [-0.4, -0.2) is 52.0 Å². The van der Waals surface area contributed by atoms with Gasteiger partial charge in [-0.05, 0) is 24.1 Å². The third-order valence-corrected chi connectivity index (χ3v) is 6.64. The second-order valence-corrected chi connectivity index (χ2v) is 9.17. The molecule has 0 aliphatic carbocycles. The molecule has 0 radical (unpaired) electrons. The second kappa shape index (κ2) is 9.75. The summed E-state index contributed by atoms with van der Waals surface area (Å²) in [4.78, 5) is 39.4. The SMILES string of the molecule is CC(=O)n1cc(NC(=O)N2C[C@@](F)(CN)C[C@H]2C(=O)CCc2cccc(Cl)c2F)c2ccccc21. The van der Waals surface area contributed by atoms with Gasteiger partial charge < -0.3 is 16.0 Å². The average Bonchev–Trinajstić information content (AvgIpc) is 3.39. The Balaban J connectivity index is 1.55. The summed E-state index contributed by atoms with van der Waals surface area (Å²) in [5.74, 6) is -1.25. The van der Waals surface area contributed by atoms with Crippen LogP contribution in [0, 0.1) is 5.82 Å². The van der Waals surface area contributed by atoms with E-state index in [1.165, 1.54) is 29.8 Å². The number of hydrogen-bond acceptors (Lipinski definition) is 4. The van der Waals surface area contributed by atoms with Crippen LogP contribution in [0.3, 0.4) is 0 Å². The molecule has 7 nitrogen and oxygen atoms in total. The topological polar surface area (TPSA) is 97.4 Å². The number of halogens is 3. The van der Waals surface area contributed by atoms with Gasteiger partial charge in [-0.1, -0.05) is 41.9 Å². The lowest BCUT2D eigenvalue weighted by Crippen LogP contribution is -2.44. The molecule has 184 valence electrons. The minimum absolute atomic E-state index is 0.0487. The molecule has 0 bridgehead atoms. The van der Waals surface area contributed by atoms with E-state index < -0.39 is 29.3 Å². The number of alkyl halides is 1. The first kappa shape index (κ1) is 24.8. The molecule has 3 aromatic rings. The van der Waals surface area contributed by atoms with E-state index in [1.807, 2.05) is 0 Å². The lowest BCUT2D eigenvalue weighted by atomic mass is 9.97. The molecule has 1 fully saturated rings. The van der Waals surface area contributed by atoms with Crippen molar-refractivity contribution in [3.8, 4) is 0 Å². The number of ketones is 1. The van der Waals surface area contributed by atoms with Crippen molar-refractivity contribution in [2.24, 2.45) is 5.73 Å². The number of nitrogens with one attached hydrogen (secondary N) is 1. The zero-order valence-corrected chi connectivity index (χ0v) is 19.8. The van der Waals surface area contributed by atoms with Crippen LogP contribution in [0.5, 0.6) is 0 Å². The summed E-state index contributed by atoms with van der Waals surface area (Å²) in [5.41, 5.74) is 4.91. The van der Waals surface area contributed by atoms with Gasteiger partial charge in [0.2, 0.25) is 5.91 Å². The van der Waals surface area contributed by atoms with Crippen LogP contribution < -0.4 is 11.1 Å². The number of benzene rings is 2. The number of fused-ring (bicyclic) bond motifs is 1. The summed E-state index contributed by atoms with van der Waals surface area (Å²) >= 11 is 5.81. The molecular formula is C25H25ClF2N4O3. The van der Waals surface area contributed by atoms with Gasteiger partial charge in [0.1, 0.15) is 11.5 Å². The van der Waals surface area contributed by atoms with Crippen LogP contribution in [0.1, 0.15) is 30.1 Å². The van der Waals surface area contributed by atoms with Crippen molar-refractivity contribution in [1.82, 2.24) is 9.47 Å². The monoisotopic (exact) mass is 502 g/mol. The number of amides is 2. The minimum atomic E-state index is -1.92. The zero-order chi connectivity index (χ0) is 25.3. The van der Waals surface area contributed by atoms with E-state index in [0.717, 1.165) is 4.90 Å². The highest BCUT2D eigenvalue weighted by atomic mass is 35.5. The quantitative estimate of drug-likeness (QED) is 0.516. The van der Waals surface area contributed by atoms with Crippen molar-refractivity contribution >= 4 is 45.9 Å². The number of nitrogens with zero attached hydrogens (tertiary/aromatic N) is 2. The number of para-hydroxylation sites is 1.